The first kappa shape index (κ1) is 12.0. The van der Waals surface area contributed by atoms with E-state index in [0.29, 0.717) is 6.54 Å². The second kappa shape index (κ2) is 5.75. The number of rotatable bonds is 4. The number of hydrogen-bond donors (Lipinski definition) is 3. The third kappa shape index (κ3) is 4.45. The monoisotopic (exact) mass is 222 g/mol. The van der Waals surface area contributed by atoms with Crippen LogP contribution in [0.5, 0.6) is 0 Å². The van der Waals surface area contributed by atoms with Crippen LogP contribution < -0.4 is 10.6 Å². The fourth-order valence-electron chi connectivity index (χ4n) is 1.12. The van der Waals surface area contributed by atoms with Gasteiger partial charge in [0.2, 0.25) is 5.91 Å². The van der Waals surface area contributed by atoms with Gasteiger partial charge in [-0.15, -0.1) is 0 Å². The molecule has 0 saturated heterocycles. The molecule has 0 radical (unpaired) electrons. The van der Waals surface area contributed by atoms with Crippen molar-refractivity contribution in [2.45, 2.75) is 13.5 Å². The number of amides is 2. The number of carboxylic acid groups (broad SMARTS) is 1. The van der Waals surface area contributed by atoms with Crippen LogP contribution in [0.2, 0.25) is 0 Å². The molecule has 86 valence electrons. The van der Waals surface area contributed by atoms with Gasteiger partial charge >= 0.3 is 6.09 Å². The lowest BCUT2D eigenvalue weighted by atomic mass is 10.1. The summed E-state index contributed by atoms with van der Waals surface area (Å²) in [5.41, 5.74) is 2.14. The van der Waals surface area contributed by atoms with E-state index in [4.69, 9.17) is 5.11 Å². The molecule has 3 N–H and O–H groups in total. The molecule has 0 atom stereocenters. The van der Waals surface area contributed by atoms with Gasteiger partial charge in [0.15, 0.2) is 0 Å². The molecule has 5 heteroatoms. The third-order valence-corrected chi connectivity index (χ3v) is 2.01. The van der Waals surface area contributed by atoms with Crippen molar-refractivity contribution >= 4 is 12.0 Å². The van der Waals surface area contributed by atoms with Gasteiger partial charge in [0.05, 0.1) is 6.54 Å². The Balaban J connectivity index is 2.31. The van der Waals surface area contributed by atoms with Gasteiger partial charge in [-0.25, -0.2) is 4.79 Å². The predicted molar refractivity (Wildman–Crippen MR) is 59.1 cm³/mol. The van der Waals surface area contributed by atoms with Crippen LogP contribution in [-0.2, 0) is 11.3 Å². The highest BCUT2D eigenvalue weighted by Gasteiger charge is 2.02. The molecule has 0 fully saturated rings. The van der Waals surface area contributed by atoms with Crippen LogP contribution in [-0.4, -0.2) is 23.7 Å². The van der Waals surface area contributed by atoms with Gasteiger partial charge in [-0.3, -0.25) is 4.79 Å². The fraction of sp³-hybridized carbons (Fsp3) is 0.273. The van der Waals surface area contributed by atoms with Gasteiger partial charge in [0.25, 0.3) is 0 Å². The highest BCUT2D eigenvalue weighted by molar-refractivity contribution is 5.81. The average Bonchev–Trinajstić information content (AvgIpc) is 2.25. The van der Waals surface area contributed by atoms with Crippen LogP contribution in [0.25, 0.3) is 0 Å². The molecular formula is C11H14N2O3. The minimum absolute atomic E-state index is 0.221. The third-order valence-electron chi connectivity index (χ3n) is 2.01. The molecule has 0 bridgehead atoms. The normalized spacial score (nSPS) is 9.56. The number of hydrogen-bond acceptors (Lipinski definition) is 2. The average molecular weight is 222 g/mol. The molecule has 0 saturated carbocycles. The predicted octanol–water partition coefficient (Wildman–Crippen LogP) is 0.879. The summed E-state index contributed by atoms with van der Waals surface area (Å²) in [4.78, 5) is 21.3. The molecule has 0 aliphatic heterocycles. The van der Waals surface area contributed by atoms with Crippen LogP contribution in [0.3, 0.4) is 0 Å². The first-order valence-electron chi connectivity index (χ1n) is 4.87. The standard InChI is InChI=1S/C11H14N2O3/c1-8-2-4-9(5-3-8)6-12-10(14)7-13-11(15)16/h2-5,13H,6-7H2,1H3,(H,12,14)(H,15,16). The van der Waals surface area contributed by atoms with Gasteiger partial charge in [0.1, 0.15) is 0 Å². The van der Waals surface area contributed by atoms with E-state index in [1.165, 1.54) is 0 Å². The highest BCUT2D eigenvalue weighted by atomic mass is 16.4. The molecule has 0 unspecified atom stereocenters. The Bertz CT molecular complexity index is 373. The van der Waals surface area contributed by atoms with E-state index in [1.54, 1.807) is 0 Å². The van der Waals surface area contributed by atoms with E-state index in [2.05, 4.69) is 5.32 Å². The number of nitrogens with one attached hydrogen (secondary N) is 2. The van der Waals surface area contributed by atoms with Crippen LogP contribution in [0, 0.1) is 6.92 Å². The molecular weight excluding hydrogens is 208 g/mol. The Kier molecular flexibility index (Phi) is 4.32. The van der Waals surface area contributed by atoms with E-state index in [0.717, 1.165) is 11.1 Å². The summed E-state index contributed by atoms with van der Waals surface area (Å²) >= 11 is 0. The summed E-state index contributed by atoms with van der Waals surface area (Å²) in [7, 11) is 0. The lowest BCUT2D eigenvalue weighted by Gasteiger charge is -2.05. The summed E-state index contributed by atoms with van der Waals surface area (Å²) in [5.74, 6) is -0.344. The zero-order valence-electron chi connectivity index (χ0n) is 8.99. The quantitative estimate of drug-likeness (QED) is 0.707. The van der Waals surface area contributed by atoms with Gasteiger partial charge in [0, 0.05) is 6.54 Å². The van der Waals surface area contributed by atoms with Crippen molar-refractivity contribution in [1.82, 2.24) is 10.6 Å². The topological polar surface area (TPSA) is 78.4 Å². The van der Waals surface area contributed by atoms with Crippen LogP contribution in [0.15, 0.2) is 24.3 Å². The molecule has 1 aromatic rings. The molecule has 0 aliphatic carbocycles. The van der Waals surface area contributed by atoms with Crippen LogP contribution >= 0.6 is 0 Å². The number of carbonyl (C=O) groups excluding carboxylic acids is 1. The van der Waals surface area contributed by atoms with Gasteiger partial charge in [-0.1, -0.05) is 29.8 Å². The molecule has 5 nitrogen and oxygen atoms in total. The number of carbonyl (C=O) groups is 2. The van der Waals surface area contributed by atoms with Crippen molar-refractivity contribution in [2.24, 2.45) is 0 Å². The lowest BCUT2D eigenvalue weighted by Crippen LogP contribution is -2.35. The number of benzene rings is 1. The molecule has 16 heavy (non-hydrogen) atoms. The molecule has 0 aliphatic rings. The molecule has 0 spiro atoms. The maximum absolute atomic E-state index is 11.2. The second-order valence-electron chi connectivity index (χ2n) is 3.42. The summed E-state index contributed by atoms with van der Waals surface area (Å²) < 4.78 is 0. The second-order valence-corrected chi connectivity index (χ2v) is 3.42. The summed E-state index contributed by atoms with van der Waals surface area (Å²) in [6, 6.07) is 7.74. The summed E-state index contributed by atoms with van der Waals surface area (Å²) in [6.45, 7) is 2.17. The van der Waals surface area contributed by atoms with E-state index in [9.17, 15) is 9.59 Å². The van der Waals surface area contributed by atoms with Gasteiger partial charge in [-0.05, 0) is 12.5 Å². The van der Waals surface area contributed by atoms with Crippen molar-refractivity contribution < 1.29 is 14.7 Å². The first-order valence-corrected chi connectivity index (χ1v) is 4.87. The maximum Gasteiger partial charge on any atom is 0.405 e. The van der Waals surface area contributed by atoms with E-state index >= 15 is 0 Å². The van der Waals surface area contributed by atoms with Crippen molar-refractivity contribution in [3.05, 3.63) is 35.4 Å². The van der Waals surface area contributed by atoms with E-state index in [-0.39, 0.29) is 12.5 Å². The summed E-state index contributed by atoms with van der Waals surface area (Å²) in [6.07, 6.45) is -1.20. The van der Waals surface area contributed by atoms with Crippen molar-refractivity contribution in [3.8, 4) is 0 Å². The van der Waals surface area contributed by atoms with Crippen LogP contribution in [0.4, 0.5) is 4.79 Å². The summed E-state index contributed by atoms with van der Waals surface area (Å²) in [5, 5.41) is 12.9. The Morgan fingerprint density at radius 3 is 2.38 bits per heavy atom. The minimum atomic E-state index is -1.20. The van der Waals surface area contributed by atoms with Crippen LogP contribution in [0.1, 0.15) is 11.1 Å². The zero-order chi connectivity index (χ0) is 12.0. The molecule has 1 aromatic carbocycles. The largest absolute Gasteiger partial charge is 0.465 e. The van der Waals surface area contributed by atoms with Crippen molar-refractivity contribution in [2.75, 3.05) is 6.54 Å². The smallest absolute Gasteiger partial charge is 0.405 e. The Hall–Kier alpha value is -2.04. The molecule has 2 amide bonds. The maximum atomic E-state index is 11.2. The van der Waals surface area contributed by atoms with Gasteiger partial charge in [-0.2, -0.15) is 0 Å². The van der Waals surface area contributed by atoms with E-state index < -0.39 is 6.09 Å². The highest BCUT2D eigenvalue weighted by Crippen LogP contribution is 2.02. The Labute approximate surface area is 93.5 Å². The first-order chi connectivity index (χ1) is 7.58. The van der Waals surface area contributed by atoms with E-state index in [1.807, 2.05) is 36.5 Å². The molecule has 1 rings (SSSR count). The Morgan fingerprint density at radius 2 is 1.81 bits per heavy atom. The SMILES string of the molecule is Cc1ccc(CNC(=O)CNC(=O)O)cc1. The Morgan fingerprint density at radius 1 is 1.19 bits per heavy atom. The zero-order valence-corrected chi connectivity index (χ0v) is 8.99. The molecule has 0 aromatic heterocycles. The lowest BCUT2D eigenvalue weighted by molar-refractivity contribution is -0.120. The number of aryl methyl sites for hydroxylation is 1. The minimum Gasteiger partial charge on any atom is -0.465 e. The fourth-order valence-corrected chi connectivity index (χ4v) is 1.12. The van der Waals surface area contributed by atoms with Gasteiger partial charge < -0.3 is 15.7 Å². The van der Waals surface area contributed by atoms with Crippen molar-refractivity contribution in [1.29, 1.82) is 0 Å². The molecule has 0 heterocycles. The van der Waals surface area contributed by atoms with Crippen molar-refractivity contribution in [3.63, 3.8) is 0 Å².